The Morgan fingerprint density at radius 3 is 2.62 bits per heavy atom. The highest BCUT2D eigenvalue weighted by Gasteiger charge is 2.24. The normalized spacial score (nSPS) is 16.2. The Bertz CT molecular complexity index is 366. The first-order valence-electron chi connectivity index (χ1n) is 5.72. The first-order chi connectivity index (χ1) is 7.79. The van der Waals surface area contributed by atoms with Crippen LogP contribution in [0.1, 0.15) is 18.4 Å². The SMILES string of the molecule is COc1ccc(CCN=C(N)C2CC2)cc1. The molecule has 2 rings (SSSR count). The minimum absolute atomic E-state index is 0.580. The Morgan fingerprint density at radius 2 is 2.06 bits per heavy atom. The van der Waals surface area contributed by atoms with Gasteiger partial charge in [-0.15, -0.1) is 0 Å². The lowest BCUT2D eigenvalue weighted by molar-refractivity contribution is 0.414. The highest BCUT2D eigenvalue weighted by Crippen LogP contribution is 2.28. The van der Waals surface area contributed by atoms with Gasteiger partial charge < -0.3 is 10.5 Å². The van der Waals surface area contributed by atoms with E-state index in [4.69, 9.17) is 10.5 Å². The second kappa shape index (κ2) is 5.01. The summed E-state index contributed by atoms with van der Waals surface area (Å²) in [4.78, 5) is 4.39. The van der Waals surface area contributed by atoms with Gasteiger partial charge in [-0.3, -0.25) is 4.99 Å². The lowest BCUT2D eigenvalue weighted by Gasteiger charge is -2.02. The molecule has 1 saturated carbocycles. The molecule has 0 aliphatic heterocycles. The minimum atomic E-state index is 0.580. The summed E-state index contributed by atoms with van der Waals surface area (Å²) in [5.74, 6) is 2.31. The Kier molecular flexibility index (Phi) is 3.44. The highest BCUT2D eigenvalue weighted by atomic mass is 16.5. The van der Waals surface area contributed by atoms with Crippen molar-refractivity contribution in [2.75, 3.05) is 13.7 Å². The maximum atomic E-state index is 5.82. The molecule has 16 heavy (non-hydrogen) atoms. The number of aliphatic imine (C=N–C) groups is 1. The number of methoxy groups -OCH3 is 1. The molecular weight excluding hydrogens is 200 g/mol. The molecule has 2 N–H and O–H groups in total. The maximum Gasteiger partial charge on any atom is 0.118 e. The van der Waals surface area contributed by atoms with Crippen molar-refractivity contribution < 1.29 is 4.74 Å². The first kappa shape index (κ1) is 11.0. The van der Waals surface area contributed by atoms with Crippen molar-refractivity contribution in [2.45, 2.75) is 19.3 Å². The third-order valence-electron chi connectivity index (χ3n) is 2.85. The Morgan fingerprint density at radius 1 is 1.38 bits per heavy atom. The standard InChI is InChI=1S/C13H18N2O/c1-16-12-6-2-10(3-7-12)8-9-15-13(14)11-4-5-11/h2-3,6-7,11H,4-5,8-9H2,1H3,(H2,14,15). The lowest BCUT2D eigenvalue weighted by Crippen LogP contribution is -2.14. The summed E-state index contributed by atoms with van der Waals surface area (Å²) < 4.78 is 5.10. The van der Waals surface area contributed by atoms with Gasteiger partial charge >= 0.3 is 0 Å². The molecule has 0 aromatic heterocycles. The molecule has 1 aliphatic carbocycles. The van der Waals surface area contributed by atoms with Crippen molar-refractivity contribution in [3.63, 3.8) is 0 Å². The molecule has 86 valence electrons. The first-order valence-corrected chi connectivity index (χ1v) is 5.72. The largest absolute Gasteiger partial charge is 0.497 e. The van der Waals surface area contributed by atoms with Crippen molar-refractivity contribution in [1.82, 2.24) is 0 Å². The predicted octanol–water partition coefficient (Wildman–Crippen LogP) is 2.00. The zero-order chi connectivity index (χ0) is 11.4. The Balaban J connectivity index is 1.82. The van der Waals surface area contributed by atoms with Crippen molar-refractivity contribution in [2.24, 2.45) is 16.6 Å². The highest BCUT2D eigenvalue weighted by molar-refractivity contribution is 5.84. The number of benzene rings is 1. The van der Waals surface area contributed by atoms with Crippen LogP contribution < -0.4 is 10.5 Å². The summed E-state index contributed by atoms with van der Waals surface area (Å²) in [6.45, 7) is 0.786. The van der Waals surface area contributed by atoms with Gasteiger partial charge in [-0.25, -0.2) is 0 Å². The van der Waals surface area contributed by atoms with Gasteiger partial charge in [-0.05, 0) is 37.0 Å². The van der Waals surface area contributed by atoms with Gasteiger partial charge in [-0.1, -0.05) is 12.1 Å². The van der Waals surface area contributed by atoms with E-state index >= 15 is 0 Å². The third-order valence-corrected chi connectivity index (χ3v) is 2.85. The smallest absolute Gasteiger partial charge is 0.118 e. The zero-order valence-corrected chi connectivity index (χ0v) is 9.65. The van der Waals surface area contributed by atoms with E-state index in [9.17, 15) is 0 Å². The molecule has 1 aliphatic rings. The zero-order valence-electron chi connectivity index (χ0n) is 9.65. The van der Waals surface area contributed by atoms with E-state index in [1.165, 1.54) is 18.4 Å². The van der Waals surface area contributed by atoms with Gasteiger partial charge in [0.05, 0.1) is 12.9 Å². The van der Waals surface area contributed by atoms with E-state index < -0.39 is 0 Å². The third kappa shape index (κ3) is 2.99. The number of rotatable bonds is 5. The van der Waals surface area contributed by atoms with Crippen LogP contribution in [0.15, 0.2) is 29.3 Å². The molecule has 0 bridgehead atoms. The van der Waals surface area contributed by atoms with E-state index in [0.29, 0.717) is 5.92 Å². The number of nitrogens with zero attached hydrogens (tertiary/aromatic N) is 1. The summed E-state index contributed by atoms with van der Waals surface area (Å²) in [5, 5.41) is 0. The number of hydrogen-bond donors (Lipinski definition) is 1. The van der Waals surface area contributed by atoms with Crippen LogP contribution in [0.4, 0.5) is 0 Å². The van der Waals surface area contributed by atoms with Gasteiger partial charge in [0.15, 0.2) is 0 Å². The lowest BCUT2D eigenvalue weighted by atomic mass is 10.1. The monoisotopic (exact) mass is 218 g/mol. The minimum Gasteiger partial charge on any atom is -0.497 e. The molecular formula is C13H18N2O. The van der Waals surface area contributed by atoms with Crippen LogP contribution in [0.5, 0.6) is 5.75 Å². The molecule has 1 aromatic rings. The number of amidine groups is 1. The van der Waals surface area contributed by atoms with Gasteiger partial charge in [0.25, 0.3) is 0 Å². The van der Waals surface area contributed by atoms with Crippen LogP contribution in [0.3, 0.4) is 0 Å². The molecule has 1 fully saturated rings. The van der Waals surface area contributed by atoms with Crippen LogP contribution in [0.2, 0.25) is 0 Å². The van der Waals surface area contributed by atoms with Crippen LogP contribution in [-0.2, 0) is 6.42 Å². The van der Waals surface area contributed by atoms with Crippen LogP contribution in [0.25, 0.3) is 0 Å². The summed E-state index contributed by atoms with van der Waals surface area (Å²) in [6, 6.07) is 8.09. The maximum absolute atomic E-state index is 5.82. The van der Waals surface area contributed by atoms with E-state index in [1.807, 2.05) is 12.1 Å². The Labute approximate surface area is 96.3 Å². The number of hydrogen-bond acceptors (Lipinski definition) is 2. The van der Waals surface area contributed by atoms with Crippen LogP contribution >= 0.6 is 0 Å². The fraction of sp³-hybridized carbons (Fsp3) is 0.462. The molecule has 1 aromatic carbocycles. The molecule has 0 amide bonds. The molecule has 0 unspecified atom stereocenters. The van der Waals surface area contributed by atoms with E-state index in [-0.39, 0.29) is 0 Å². The number of nitrogens with two attached hydrogens (primary N) is 1. The summed E-state index contributed by atoms with van der Waals surface area (Å²) in [6.07, 6.45) is 3.38. The van der Waals surface area contributed by atoms with Gasteiger partial charge in [0, 0.05) is 12.5 Å². The van der Waals surface area contributed by atoms with Gasteiger partial charge in [0.2, 0.25) is 0 Å². The number of ether oxygens (including phenoxy) is 1. The van der Waals surface area contributed by atoms with Gasteiger partial charge in [-0.2, -0.15) is 0 Å². The molecule has 0 saturated heterocycles. The second-order valence-corrected chi connectivity index (χ2v) is 4.18. The summed E-state index contributed by atoms with van der Waals surface area (Å²) >= 11 is 0. The molecule has 0 radical (unpaired) electrons. The van der Waals surface area contributed by atoms with E-state index in [1.54, 1.807) is 7.11 Å². The molecule has 0 spiro atoms. The second-order valence-electron chi connectivity index (χ2n) is 4.18. The van der Waals surface area contributed by atoms with Gasteiger partial charge in [0.1, 0.15) is 5.75 Å². The fourth-order valence-corrected chi connectivity index (χ4v) is 1.61. The Hall–Kier alpha value is -1.51. The fourth-order valence-electron chi connectivity index (χ4n) is 1.61. The average Bonchev–Trinajstić information content (AvgIpc) is 3.14. The molecule has 0 atom stereocenters. The predicted molar refractivity (Wildman–Crippen MR) is 65.9 cm³/mol. The van der Waals surface area contributed by atoms with Crippen LogP contribution in [0, 0.1) is 5.92 Å². The van der Waals surface area contributed by atoms with Crippen molar-refractivity contribution in [1.29, 1.82) is 0 Å². The molecule has 3 heteroatoms. The topological polar surface area (TPSA) is 47.6 Å². The van der Waals surface area contributed by atoms with Crippen molar-refractivity contribution >= 4 is 5.84 Å². The van der Waals surface area contributed by atoms with E-state index in [0.717, 1.165) is 24.6 Å². The quantitative estimate of drug-likeness (QED) is 0.607. The van der Waals surface area contributed by atoms with Crippen molar-refractivity contribution in [3.8, 4) is 5.75 Å². The molecule has 3 nitrogen and oxygen atoms in total. The average molecular weight is 218 g/mol. The summed E-state index contributed by atoms with van der Waals surface area (Å²) in [5.41, 5.74) is 7.09. The molecule has 0 heterocycles. The summed E-state index contributed by atoms with van der Waals surface area (Å²) in [7, 11) is 1.68. The van der Waals surface area contributed by atoms with Crippen LogP contribution in [-0.4, -0.2) is 19.5 Å². The van der Waals surface area contributed by atoms with Crippen molar-refractivity contribution in [3.05, 3.63) is 29.8 Å². The van der Waals surface area contributed by atoms with E-state index in [2.05, 4.69) is 17.1 Å².